The molecule has 0 fully saturated rings. The van der Waals surface area contributed by atoms with Gasteiger partial charge in [-0.3, -0.25) is 9.59 Å². The van der Waals surface area contributed by atoms with Gasteiger partial charge in [-0.2, -0.15) is 0 Å². The van der Waals surface area contributed by atoms with E-state index in [0.717, 1.165) is 11.1 Å². The molecule has 0 aliphatic rings. The fraction of sp³-hybridized carbons (Fsp3) is 0.150. The predicted octanol–water partition coefficient (Wildman–Crippen LogP) is 2.55. The zero-order valence-corrected chi connectivity index (χ0v) is 14.6. The highest BCUT2D eigenvalue weighted by Gasteiger charge is 2.06. The second kappa shape index (κ2) is 9.17. The Morgan fingerprint density at radius 1 is 1.00 bits per heavy atom. The third-order valence-electron chi connectivity index (χ3n) is 3.49. The van der Waals surface area contributed by atoms with E-state index >= 15 is 0 Å². The molecular weight excluding hydrogens is 332 g/mol. The summed E-state index contributed by atoms with van der Waals surface area (Å²) >= 11 is 0. The summed E-state index contributed by atoms with van der Waals surface area (Å²) in [5.41, 5.74) is 2.99. The van der Waals surface area contributed by atoms with Gasteiger partial charge in [-0.15, -0.1) is 0 Å². The van der Waals surface area contributed by atoms with E-state index in [4.69, 9.17) is 4.74 Å². The summed E-state index contributed by atoms with van der Waals surface area (Å²) in [6, 6.07) is 14.0. The summed E-state index contributed by atoms with van der Waals surface area (Å²) in [7, 11) is 1.56. The van der Waals surface area contributed by atoms with Crippen molar-refractivity contribution in [2.75, 3.05) is 19.0 Å². The molecule has 0 bridgehead atoms. The predicted molar refractivity (Wildman–Crippen MR) is 99.6 cm³/mol. The van der Waals surface area contributed by atoms with Crippen LogP contribution in [0.15, 0.2) is 54.6 Å². The molecule has 2 N–H and O–H groups in total. The fourth-order valence-electron chi connectivity index (χ4n) is 2.07. The number of anilines is 1. The average molecular weight is 352 g/mol. The summed E-state index contributed by atoms with van der Waals surface area (Å²) in [6.07, 6.45) is 2.78. The molecule has 0 radical (unpaired) electrons. The van der Waals surface area contributed by atoms with E-state index in [1.54, 1.807) is 49.5 Å². The number of benzene rings is 2. The van der Waals surface area contributed by atoms with E-state index in [1.807, 2.05) is 19.1 Å². The van der Waals surface area contributed by atoms with Crippen LogP contribution in [0.25, 0.3) is 6.08 Å². The van der Waals surface area contributed by atoms with Gasteiger partial charge in [0, 0.05) is 24.4 Å². The highest BCUT2D eigenvalue weighted by atomic mass is 16.5. The van der Waals surface area contributed by atoms with E-state index in [1.165, 1.54) is 6.08 Å². The maximum absolute atomic E-state index is 11.8. The lowest BCUT2D eigenvalue weighted by Crippen LogP contribution is -2.20. The van der Waals surface area contributed by atoms with Crippen LogP contribution >= 0.6 is 0 Å². The van der Waals surface area contributed by atoms with Gasteiger partial charge < -0.3 is 15.4 Å². The van der Waals surface area contributed by atoms with Gasteiger partial charge >= 0.3 is 5.97 Å². The largest absolute Gasteiger partial charge is 0.452 e. The van der Waals surface area contributed by atoms with Crippen molar-refractivity contribution < 1.29 is 19.1 Å². The molecule has 0 atom stereocenters. The molecule has 0 saturated carbocycles. The normalized spacial score (nSPS) is 10.4. The van der Waals surface area contributed by atoms with Gasteiger partial charge in [-0.1, -0.05) is 29.8 Å². The van der Waals surface area contributed by atoms with E-state index in [9.17, 15) is 14.4 Å². The summed E-state index contributed by atoms with van der Waals surface area (Å²) in [6.45, 7) is 1.58. The molecule has 0 aliphatic heterocycles. The number of aryl methyl sites for hydroxylation is 1. The average Bonchev–Trinajstić information content (AvgIpc) is 2.66. The van der Waals surface area contributed by atoms with Crippen LogP contribution in [0, 0.1) is 6.92 Å². The Morgan fingerprint density at radius 3 is 2.27 bits per heavy atom. The first kappa shape index (κ1) is 18.9. The number of carbonyl (C=O) groups excluding carboxylic acids is 3. The Balaban J connectivity index is 1.80. The van der Waals surface area contributed by atoms with Crippen molar-refractivity contribution in [3.8, 4) is 0 Å². The smallest absolute Gasteiger partial charge is 0.331 e. The number of carbonyl (C=O) groups is 3. The molecule has 26 heavy (non-hydrogen) atoms. The summed E-state index contributed by atoms with van der Waals surface area (Å²) in [4.78, 5) is 34.9. The van der Waals surface area contributed by atoms with Crippen molar-refractivity contribution in [1.29, 1.82) is 0 Å². The van der Waals surface area contributed by atoms with Crippen LogP contribution in [0.5, 0.6) is 0 Å². The van der Waals surface area contributed by atoms with E-state index in [2.05, 4.69) is 10.6 Å². The quantitative estimate of drug-likeness (QED) is 0.618. The van der Waals surface area contributed by atoms with Crippen molar-refractivity contribution >= 4 is 29.5 Å². The monoisotopic (exact) mass is 352 g/mol. The van der Waals surface area contributed by atoms with Gasteiger partial charge in [-0.05, 0) is 42.8 Å². The summed E-state index contributed by atoms with van der Waals surface area (Å²) in [5.74, 6) is -1.22. The molecule has 6 heteroatoms. The third kappa shape index (κ3) is 5.90. The molecule has 2 aromatic rings. The molecule has 0 heterocycles. The van der Waals surface area contributed by atoms with E-state index < -0.39 is 11.9 Å². The van der Waals surface area contributed by atoms with Crippen LogP contribution in [0.2, 0.25) is 0 Å². The molecule has 134 valence electrons. The molecule has 0 aliphatic carbocycles. The standard InChI is InChI=1S/C20H20N2O4/c1-14-3-10-17(11-4-14)22-18(23)13-26-19(24)12-7-15-5-8-16(9-6-15)20(25)21-2/h3-12H,13H2,1-2H3,(H,21,25)(H,22,23)/b12-7+. The highest BCUT2D eigenvalue weighted by molar-refractivity contribution is 5.95. The lowest BCUT2D eigenvalue weighted by molar-refractivity contribution is -0.142. The van der Waals surface area contributed by atoms with Crippen molar-refractivity contribution in [2.45, 2.75) is 6.92 Å². The molecule has 0 saturated heterocycles. The Morgan fingerprint density at radius 2 is 1.65 bits per heavy atom. The van der Waals surface area contributed by atoms with Crippen LogP contribution in [0.3, 0.4) is 0 Å². The van der Waals surface area contributed by atoms with Crippen molar-refractivity contribution in [2.24, 2.45) is 0 Å². The summed E-state index contributed by atoms with van der Waals surface area (Å²) < 4.78 is 4.90. The summed E-state index contributed by atoms with van der Waals surface area (Å²) in [5, 5.41) is 5.17. The third-order valence-corrected chi connectivity index (χ3v) is 3.49. The Labute approximate surface area is 151 Å². The number of nitrogens with one attached hydrogen (secondary N) is 2. The Kier molecular flexibility index (Phi) is 6.68. The zero-order chi connectivity index (χ0) is 18.9. The van der Waals surface area contributed by atoms with E-state index in [0.29, 0.717) is 11.3 Å². The number of esters is 1. The van der Waals surface area contributed by atoms with Crippen molar-refractivity contribution in [3.05, 3.63) is 71.3 Å². The molecule has 2 aromatic carbocycles. The molecule has 2 rings (SSSR count). The minimum atomic E-state index is -0.626. The van der Waals surface area contributed by atoms with Gasteiger partial charge in [0.2, 0.25) is 0 Å². The molecule has 0 aromatic heterocycles. The van der Waals surface area contributed by atoms with Gasteiger partial charge in [0.15, 0.2) is 6.61 Å². The number of amides is 2. The van der Waals surface area contributed by atoms with Gasteiger partial charge in [0.1, 0.15) is 0 Å². The van der Waals surface area contributed by atoms with Crippen LogP contribution in [0.1, 0.15) is 21.5 Å². The first-order valence-corrected chi connectivity index (χ1v) is 8.01. The minimum Gasteiger partial charge on any atom is -0.452 e. The number of hydrogen-bond donors (Lipinski definition) is 2. The molecular formula is C20H20N2O4. The van der Waals surface area contributed by atoms with Crippen molar-refractivity contribution in [3.63, 3.8) is 0 Å². The number of rotatable bonds is 6. The Hall–Kier alpha value is -3.41. The van der Waals surface area contributed by atoms with Gasteiger partial charge in [0.05, 0.1) is 0 Å². The first-order chi connectivity index (χ1) is 12.5. The van der Waals surface area contributed by atoms with Crippen LogP contribution < -0.4 is 10.6 Å². The zero-order valence-electron chi connectivity index (χ0n) is 14.6. The van der Waals surface area contributed by atoms with Gasteiger partial charge in [-0.25, -0.2) is 4.79 Å². The molecule has 0 spiro atoms. The van der Waals surface area contributed by atoms with Crippen LogP contribution in [0.4, 0.5) is 5.69 Å². The highest BCUT2D eigenvalue weighted by Crippen LogP contribution is 2.09. The SMILES string of the molecule is CNC(=O)c1ccc(/C=C/C(=O)OCC(=O)Nc2ccc(C)cc2)cc1. The lowest BCUT2D eigenvalue weighted by atomic mass is 10.1. The first-order valence-electron chi connectivity index (χ1n) is 8.01. The topological polar surface area (TPSA) is 84.5 Å². The fourth-order valence-corrected chi connectivity index (χ4v) is 2.07. The lowest BCUT2D eigenvalue weighted by Gasteiger charge is -2.05. The molecule has 0 unspecified atom stereocenters. The maximum atomic E-state index is 11.8. The van der Waals surface area contributed by atoms with Crippen molar-refractivity contribution in [1.82, 2.24) is 5.32 Å². The molecule has 6 nitrogen and oxygen atoms in total. The minimum absolute atomic E-state index is 0.181. The maximum Gasteiger partial charge on any atom is 0.331 e. The number of hydrogen-bond acceptors (Lipinski definition) is 4. The van der Waals surface area contributed by atoms with Crippen LogP contribution in [-0.4, -0.2) is 31.4 Å². The van der Waals surface area contributed by atoms with E-state index in [-0.39, 0.29) is 12.5 Å². The van der Waals surface area contributed by atoms with Gasteiger partial charge in [0.25, 0.3) is 11.8 Å². The second-order valence-electron chi connectivity index (χ2n) is 5.56. The van der Waals surface area contributed by atoms with Crippen LogP contribution in [-0.2, 0) is 14.3 Å². The Bertz CT molecular complexity index is 809. The second-order valence-corrected chi connectivity index (χ2v) is 5.56. The number of ether oxygens (including phenoxy) is 1. The molecule has 2 amide bonds.